The molecule has 50 valence electrons. The van der Waals surface area contributed by atoms with Gasteiger partial charge in [-0.2, -0.15) is 0 Å². The van der Waals surface area contributed by atoms with Gasteiger partial charge in [-0.1, -0.05) is 0 Å². The molecule has 0 aliphatic carbocycles. The molecule has 1 rings (SSSR count). The minimum absolute atomic E-state index is 0.660. The van der Waals surface area contributed by atoms with E-state index in [1.807, 2.05) is 12.2 Å². The van der Waals surface area contributed by atoms with E-state index in [1.165, 1.54) is 0 Å². The molecule has 3 nitrogen and oxygen atoms in total. The summed E-state index contributed by atoms with van der Waals surface area (Å²) in [6.45, 7) is 0.660. The first kappa shape index (κ1) is 6.16. The zero-order chi connectivity index (χ0) is 6.69. The molecule has 0 radical (unpaired) electrons. The van der Waals surface area contributed by atoms with E-state index in [9.17, 15) is 0 Å². The minimum Gasteiger partial charge on any atom is -0.499 e. The number of hydrogen-bond donors (Lipinski definition) is 1. The van der Waals surface area contributed by atoms with E-state index in [0.717, 1.165) is 5.76 Å². The van der Waals surface area contributed by atoms with Gasteiger partial charge in [0, 0.05) is 6.20 Å². The molecule has 2 N–H and O–H groups in total. The van der Waals surface area contributed by atoms with Crippen molar-refractivity contribution in [3.05, 3.63) is 24.1 Å². The smallest absolute Gasteiger partial charge is 0.116 e. The van der Waals surface area contributed by atoms with Gasteiger partial charge < -0.3 is 9.75 Å². The fraction of sp³-hybridized carbons (Fsp3) is 0.333. The Labute approximate surface area is 54.4 Å². The SMILES string of the molecule is COC1=CC=CN(N)C1. The van der Waals surface area contributed by atoms with Crippen LogP contribution in [0.1, 0.15) is 0 Å². The van der Waals surface area contributed by atoms with Gasteiger partial charge in [0.2, 0.25) is 0 Å². The van der Waals surface area contributed by atoms with Gasteiger partial charge >= 0.3 is 0 Å². The lowest BCUT2D eigenvalue weighted by molar-refractivity contribution is 0.243. The molecule has 0 atom stereocenters. The summed E-state index contributed by atoms with van der Waals surface area (Å²) in [5.41, 5.74) is 0. The first-order chi connectivity index (χ1) is 4.33. The van der Waals surface area contributed by atoms with E-state index in [4.69, 9.17) is 10.6 Å². The first-order valence-corrected chi connectivity index (χ1v) is 2.75. The Bertz CT molecular complexity index is 151. The van der Waals surface area contributed by atoms with Gasteiger partial charge in [-0.3, -0.25) is 0 Å². The zero-order valence-corrected chi connectivity index (χ0v) is 5.37. The molecule has 0 bridgehead atoms. The van der Waals surface area contributed by atoms with E-state index in [-0.39, 0.29) is 0 Å². The van der Waals surface area contributed by atoms with E-state index < -0.39 is 0 Å². The molecule has 0 aromatic heterocycles. The molecule has 1 aliphatic rings. The average Bonchev–Trinajstić information content (AvgIpc) is 1.88. The summed E-state index contributed by atoms with van der Waals surface area (Å²) < 4.78 is 4.95. The van der Waals surface area contributed by atoms with Crippen LogP contribution in [0.5, 0.6) is 0 Å². The third-order valence-corrected chi connectivity index (χ3v) is 1.16. The van der Waals surface area contributed by atoms with Crippen LogP contribution in [-0.4, -0.2) is 18.7 Å². The van der Waals surface area contributed by atoms with Crippen molar-refractivity contribution in [3.63, 3.8) is 0 Å². The lowest BCUT2D eigenvalue weighted by Crippen LogP contribution is -2.29. The Balaban J connectivity index is 2.55. The summed E-state index contributed by atoms with van der Waals surface area (Å²) in [6, 6.07) is 0. The molecule has 0 spiro atoms. The van der Waals surface area contributed by atoms with Crippen LogP contribution in [0, 0.1) is 0 Å². The molecule has 0 aromatic rings. The van der Waals surface area contributed by atoms with Crippen LogP contribution in [0.2, 0.25) is 0 Å². The highest BCUT2D eigenvalue weighted by Gasteiger charge is 2.01. The maximum absolute atomic E-state index is 5.43. The largest absolute Gasteiger partial charge is 0.499 e. The number of nitrogens with two attached hydrogens (primary N) is 1. The Morgan fingerprint density at radius 3 is 3.00 bits per heavy atom. The van der Waals surface area contributed by atoms with Crippen molar-refractivity contribution < 1.29 is 4.74 Å². The van der Waals surface area contributed by atoms with Gasteiger partial charge in [-0.05, 0) is 12.2 Å². The molecule has 1 heterocycles. The monoisotopic (exact) mass is 126 g/mol. The average molecular weight is 126 g/mol. The molecule has 0 saturated heterocycles. The van der Waals surface area contributed by atoms with Crippen molar-refractivity contribution in [2.45, 2.75) is 0 Å². The number of hydrazine groups is 1. The van der Waals surface area contributed by atoms with Crippen molar-refractivity contribution in [1.29, 1.82) is 0 Å². The lowest BCUT2D eigenvalue weighted by Gasteiger charge is -2.17. The molecule has 3 heteroatoms. The minimum atomic E-state index is 0.660. The number of allylic oxidation sites excluding steroid dienone is 2. The van der Waals surface area contributed by atoms with Crippen LogP contribution >= 0.6 is 0 Å². The van der Waals surface area contributed by atoms with Gasteiger partial charge in [0.15, 0.2) is 0 Å². The molecule has 0 fully saturated rings. The summed E-state index contributed by atoms with van der Waals surface area (Å²) >= 11 is 0. The third-order valence-electron chi connectivity index (χ3n) is 1.16. The first-order valence-electron chi connectivity index (χ1n) is 2.75. The lowest BCUT2D eigenvalue weighted by atomic mass is 10.3. The van der Waals surface area contributed by atoms with Crippen molar-refractivity contribution in [1.82, 2.24) is 5.01 Å². The van der Waals surface area contributed by atoms with E-state index in [1.54, 1.807) is 18.3 Å². The van der Waals surface area contributed by atoms with Crippen molar-refractivity contribution in [2.24, 2.45) is 5.84 Å². The summed E-state index contributed by atoms with van der Waals surface area (Å²) in [5.74, 6) is 6.32. The second-order valence-corrected chi connectivity index (χ2v) is 1.85. The maximum atomic E-state index is 5.43. The summed E-state index contributed by atoms with van der Waals surface area (Å²) in [7, 11) is 1.64. The molecule has 0 aromatic carbocycles. The molecule has 0 amide bonds. The van der Waals surface area contributed by atoms with Crippen LogP contribution in [0.4, 0.5) is 0 Å². The van der Waals surface area contributed by atoms with Gasteiger partial charge in [0.25, 0.3) is 0 Å². The molecule has 1 aliphatic heterocycles. The molecule has 0 saturated carbocycles. The second kappa shape index (κ2) is 2.55. The molecule has 0 unspecified atom stereocenters. The topological polar surface area (TPSA) is 38.5 Å². The van der Waals surface area contributed by atoms with Gasteiger partial charge in [0.1, 0.15) is 5.76 Å². The number of ether oxygens (including phenoxy) is 1. The van der Waals surface area contributed by atoms with Crippen LogP contribution in [0.15, 0.2) is 24.1 Å². The van der Waals surface area contributed by atoms with Crippen molar-refractivity contribution >= 4 is 0 Å². The summed E-state index contributed by atoms with van der Waals surface area (Å²) in [5, 5.41) is 1.57. The molecular formula is C6H10N2O. The van der Waals surface area contributed by atoms with Gasteiger partial charge in [-0.25, -0.2) is 5.84 Å². The summed E-state index contributed by atoms with van der Waals surface area (Å²) in [4.78, 5) is 0. The van der Waals surface area contributed by atoms with E-state index >= 15 is 0 Å². The van der Waals surface area contributed by atoms with Crippen LogP contribution in [0.25, 0.3) is 0 Å². The second-order valence-electron chi connectivity index (χ2n) is 1.85. The van der Waals surface area contributed by atoms with Crippen molar-refractivity contribution in [3.8, 4) is 0 Å². The van der Waals surface area contributed by atoms with E-state index in [0.29, 0.717) is 6.54 Å². The highest BCUT2D eigenvalue weighted by Crippen LogP contribution is 2.02. The predicted octanol–water partition coefficient (Wildman–Crippen LogP) is 0.220. The number of hydrogen-bond acceptors (Lipinski definition) is 3. The van der Waals surface area contributed by atoms with Gasteiger partial charge in [0.05, 0.1) is 13.7 Å². The fourth-order valence-corrected chi connectivity index (χ4v) is 0.679. The normalized spacial score (nSPS) is 17.6. The number of methoxy groups -OCH3 is 1. The van der Waals surface area contributed by atoms with Crippen LogP contribution in [0.3, 0.4) is 0 Å². The predicted molar refractivity (Wildman–Crippen MR) is 35.1 cm³/mol. The number of nitrogens with zero attached hydrogens (tertiary/aromatic N) is 1. The Kier molecular flexibility index (Phi) is 1.75. The standard InChI is InChI=1S/C6H10N2O/c1-9-6-3-2-4-8(7)5-6/h2-4H,5,7H2,1H3. The molecule has 9 heavy (non-hydrogen) atoms. The Hall–Kier alpha value is -0.960. The maximum Gasteiger partial charge on any atom is 0.116 e. The third kappa shape index (κ3) is 1.47. The van der Waals surface area contributed by atoms with Crippen LogP contribution in [-0.2, 0) is 4.74 Å². The Morgan fingerprint density at radius 1 is 1.78 bits per heavy atom. The number of rotatable bonds is 1. The quantitative estimate of drug-likeness (QED) is 0.511. The fourth-order valence-electron chi connectivity index (χ4n) is 0.679. The van der Waals surface area contributed by atoms with Crippen molar-refractivity contribution in [2.75, 3.05) is 13.7 Å². The van der Waals surface area contributed by atoms with Gasteiger partial charge in [-0.15, -0.1) is 0 Å². The van der Waals surface area contributed by atoms with Crippen LogP contribution < -0.4 is 5.84 Å². The highest BCUT2D eigenvalue weighted by atomic mass is 16.5. The summed E-state index contributed by atoms with van der Waals surface area (Å²) in [6.07, 6.45) is 5.54. The van der Waals surface area contributed by atoms with E-state index in [2.05, 4.69) is 0 Å². The Morgan fingerprint density at radius 2 is 2.56 bits per heavy atom. The highest BCUT2D eigenvalue weighted by molar-refractivity contribution is 5.13. The molecular weight excluding hydrogens is 116 g/mol. The zero-order valence-electron chi connectivity index (χ0n) is 5.37.